The van der Waals surface area contributed by atoms with E-state index in [9.17, 15) is 0 Å². The second kappa shape index (κ2) is 4.21. The average Bonchev–Trinajstić information content (AvgIpc) is 2.26. The quantitative estimate of drug-likeness (QED) is 0.754. The molecule has 0 aliphatic carbocycles. The van der Waals surface area contributed by atoms with Crippen LogP contribution < -0.4 is 10.1 Å². The lowest BCUT2D eigenvalue weighted by Gasteiger charge is -2.33. The van der Waals surface area contributed by atoms with Gasteiger partial charge in [-0.05, 0) is 13.0 Å². The van der Waals surface area contributed by atoms with E-state index in [2.05, 4.69) is 18.3 Å². The van der Waals surface area contributed by atoms with E-state index in [-0.39, 0.29) is 5.60 Å². The number of ether oxygens (including phenoxy) is 2. The maximum atomic E-state index is 6.01. The molecule has 1 unspecified atom stereocenters. The lowest BCUT2D eigenvalue weighted by atomic mass is 10.0. The van der Waals surface area contributed by atoms with Gasteiger partial charge >= 0.3 is 0 Å². The second-order valence-electron chi connectivity index (χ2n) is 4.24. The normalized spacial score (nSPS) is 24.4. The van der Waals surface area contributed by atoms with Crippen molar-refractivity contribution in [1.82, 2.24) is 0 Å². The Bertz CT molecular complexity index is 340. The molecule has 1 aliphatic rings. The fraction of sp³-hybridized carbons (Fsp3) is 0.500. The Morgan fingerprint density at radius 2 is 2.27 bits per heavy atom. The second-order valence-corrected chi connectivity index (χ2v) is 4.24. The molecule has 2 rings (SSSR count). The van der Waals surface area contributed by atoms with Gasteiger partial charge in [-0.3, -0.25) is 0 Å². The zero-order chi connectivity index (χ0) is 10.7. The third-order valence-electron chi connectivity index (χ3n) is 2.86. The van der Waals surface area contributed by atoms with Crippen LogP contribution in [0.3, 0.4) is 0 Å². The molecule has 1 aliphatic heterocycles. The molecule has 1 heterocycles. The van der Waals surface area contributed by atoms with E-state index in [1.54, 1.807) is 7.11 Å². The smallest absolute Gasteiger partial charge is 0.180 e. The van der Waals surface area contributed by atoms with Crippen LogP contribution in [0.25, 0.3) is 0 Å². The summed E-state index contributed by atoms with van der Waals surface area (Å²) in [6.07, 6.45) is 0.925. The zero-order valence-electron chi connectivity index (χ0n) is 9.32. The van der Waals surface area contributed by atoms with Crippen molar-refractivity contribution < 1.29 is 14.8 Å². The average molecular weight is 208 g/mol. The summed E-state index contributed by atoms with van der Waals surface area (Å²) in [6, 6.07) is 8.16. The number of hydrogen-bond acceptors (Lipinski definition) is 2. The van der Waals surface area contributed by atoms with E-state index in [0.717, 1.165) is 25.3 Å². The van der Waals surface area contributed by atoms with Crippen molar-refractivity contribution in [2.45, 2.75) is 18.9 Å². The van der Waals surface area contributed by atoms with Gasteiger partial charge in [0.1, 0.15) is 6.54 Å². The highest BCUT2D eigenvalue weighted by atomic mass is 16.5. The van der Waals surface area contributed by atoms with Crippen LogP contribution in [0.1, 0.15) is 13.3 Å². The highest BCUT2D eigenvalue weighted by Crippen LogP contribution is 2.28. The fourth-order valence-corrected chi connectivity index (χ4v) is 1.85. The maximum Gasteiger partial charge on any atom is 0.180 e. The fourth-order valence-electron chi connectivity index (χ4n) is 1.85. The van der Waals surface area contributed by atoms with Crippen LogP contribution in [0.5, 0.6) is 5.75 Å². The standard InChI is InChI=1S/C12H17NO2/c1-12(7-8-14-2)9-13-10-5-3-4-6-11(10)15-12/h3-6,13H,7-9H2,1-2H3/p+1. The first-order valence-corrected chi connectivity index (χ1v) is 5.34. The van der Waals surface area contributed by atoms with Gasteiger partial charge in [-0.25, -0.2) is 0 Å². The Labute approximate surface area is 90.4 Å². The first-order chi connectivity index (χ1) is 7.23. The Hall–Kier alpha value is -1.06. The lowest BCUT2D eigenvalue weighted by Crippen LogP contribution is -2.85. The summed E-state index contributed by atoms with van der Waals surface area (Å²) in [5.74, 6) is 0.988. The molecule has 0 bridgehead atoms. The molecular formula is C12H18NO2+. The molecule has 2 N–H and O–H groups in total. The van der Waals surface area contributed by atoms with Crippen LogP contribution in [0.15, 0.2) is 24.3 Å². The molecule has 0 radical (unpaired) electrons. The molecule has 0 aromatic heterocycles. The summed E-state index contributed by atoms with van der Waals surface area (Å²) in [4.78, 5) is 0. The summed E-state index contributed by atoms with van der Waals surface area (Å²) in [5, 5.41) is 2.24. The van der Waals surface area contributed by atoms with Crippen molar-refractivity contribution in [1.29, 1.82) is 0 Å². The van der Waals surface area contributed by atoms with Crippen LogP contribution >= 0.6 is 0 Å². The number of benzene rings is 1. The summed E-state index contributed by atoms with van der Waals surface area (Å²) >= 11 is 0. The molecule has 3 nitrogen and oxygen atoms in total. The van der Waals surface area contributed by atoms with Gasteiger partial charge in [-0.2, -0.15) is 0 Å². The van der Waals surface area contributed by atoms with Crippen LogP contribution in [-0.2, 0) is 4.74 Å². The maximum absolute atomic E-state index is 6.01. The molecule has 1 atom stereocenters. The van der Waals surface area contributed by atoms with Gasteiger partial charge in [0.05, 0.1) is 6.61 Å². The minimum absolute atomic E-state index is 0.107. The summed E-state index contributed by atoms with van der Waals surface area (Å²) in [6.45, 7) is 3.83. The minimum atomic E-state index is -0.107. The third kappa shape index (κ3) is 2.30. The monoisotopic (exact) mass is 208 g/mol. The van der Waals surface area contributed by atoms with E-state index in [1.807, 2.05) is 18.2 Å². The lowest BCUT2D eigenvalue weighted by molar-refractivity contribution is -0.594. The molecule has 0 fully saturated rings. The van der Waals surface area contributed by atoms with Gasteiger partial charge in [-0.15, -0.1) is 0 Å². The van der Waals surface area contributed by atoms with Crippen molar-refractivity contribution in [3.8, 4) is 5.75 Å². The Morgan fingerprint density at radius 3 is 3.07 bits per heavy atom. The van der Waals surface area contributed by atoms with Crippen LogP contribution in [0.2, 0.25) is 0 Å². The molecule has 0 amide bonds. The Kier molecular flexibility index (Phi) is 2.93. The summed E-state index contributed by atoms with van der Waals surface area (Å²) in [7, 11) is 1.73. The number of hydrogen-bond donors (Lipinski definition) is 1. The number of rotatable bonds is 3. The highest BCUT2D eigenvalue weighted by Gasteiger charge is 2.34. The Morgan fingerprint density at radius 1 is 1.47 bits per heavy atom. The van der Waals surface area contributed by atoms with Crippen molar-refractivity contribution in [2.75, 3.05) is 20.3 Å². The number of nitrogens with two attached hydrogens (primary N) is 1. The van der Waals surface area contributed by atoms with Gasteiger partial charge in [0, 0.05) is 19.6 Å². The molecule has 1 aromatic rings. The number of quaternary nitrogens is 1. The molecule has 1 aromatic carbocycles. The number of methoxy groups -OCH3 is 1. The Balaban J connectivity index is 2.10. The molecule has 15 heavy (non-hydrogen) atoms. The van der Waals surface area contributed by atoms with E-state index in [0.29, 0.717) is 0 Å². The predicted octanol–water partition coefficient (Wildman–Crippen LogP) is 1.07. The summed E-state index contributed by atoms with van der Waals surface area (Å²) < 4.78 is 11.1. The zero-order valence-corrected chi connectivity index (χ0v) is 9.32. The van der Waals surface area contributed by atoms with Crippen LogP contribution in [-0.4, -0.2) is 25.9 Å². The van der Waals surface area contributed by atoms with Crippen molar-refractivity contribution in [2.24, 2.45) is 0 Å². The molecule has 0 saturated carbocycles. The molecule has 0 saturated heterocycles. The molecule has 0 spiro atoms. The van der Waals surface area contributed by atoms with Crippen molar-refractivity contribution in [3.63, 3.8) is 0 Å². The summed E-state index contributed by atoms with van der Waals surface area (Å²) in [5.41, 5.74) is 1.09. The van der Waals surface area contributed by atoms with E-state index >= 15 is 0 Å². The van der Waals surface area contributed by atoms with Gasteiger partial charge in [-0.1, -0.05) is 12.1 Å². The molecular weight excluding hydrogens is 190 g/mol. The van der Waals surface area contributed by atoms with Crippen molar-refractivity contribution >= 4 is 5.69 Å². The van der Waals surface area contributed by atoms with Crippen LogP contribution in [0.4, 0.5) is 5.69 Å². The van der Waals surface area contributed by atoms with Crippen molar-refractivity contribution in [3.05, 3.63) is 24.3 Å². The van der Waals surface area contributed by atoms with E-state index < -0.39 is 0 Å². The molecule has 3 heteroatoms. The first kappa shape index (κ1) is 10.5. The predicted molar refractivity (Wildman–Crippen MR) is 58.4 cm³/mol. The largest absolute Gasteiger partial charge is 0.475 e. The van der Waals surface area contributed by atoms with E-state index in [1.165, 1.54) is 5.69 Å². The van der Waals surface area contributed by atoms with Gasteiger partial charge in [0.25, 0.3) is 0 Å². The van der Waals surface area contributed by atoms with Gasteiger partial charge < -0.3 is 14.8 Å². The van der Waals surface area contributed by atoms with E-state index in [4.69, 9.17) is 9.47 Å². The minimum Gasteiger partial charge on any atom is -0.475 e. The topological polar surface area (TPSA) is 35.1 Å². The highest BCUT2D eigenvalue weighted by molar-refractivity contribution is 5.46. The van der Waals surface area contributed by atoms with Gasteiger partial charge in [0.2, 0.25) is 0 Å². The SMILES string of the molecule is COCCC1(C)C[NH2+]c2ccccc2O1. The van der Waals surface area contributed by atoms with Gasteiger partial charge in [0.15, 0.2) is 17.0 Å². The number of para-hydroxylation sites is 2. The van der Waals surface area contributed by atoms with Crippen LogP contribution in [0, 0.1) is 0 Å². The first-order valence-electron chi connectivity index (χ1n) is 5.34. The molecule has 82 valence electrons. The third-order valence-corrected chi connectivity index (χ3v) is 2.86. The number of fused-ring (bicyclic) bond motifs is 1.